The summed E-state index contributed by atoms with van der Waals surface area (Å²) in [4.78, 5) is 0. The first-order chi connectivity index (χ1) is 7.02. The monoisotopic (exact) mass is 265 g/mol. The fraction of sp³-hybridized carbons (Fsp3) is 1.00. The van der Waals surface area contributed by atoms with Crippen LogP contribution in [0, 0.1) is 11.3 Å². The van der Waals surface area contributed by atoms with E-state index in [9.17, 15) is 0 Å². The highest BCUT2D eigenvalue weighted by atomic mass is 35.5. The summed E-state index contributed by atoms with van der Waals surface area (Å²) in [5.41, 5.74) is 0.226. The molecule has 2 nitrogen and oxygen atoms in total. The Morgan fingerprint density at radius 1 is 1.31 bits per heavy atom. The van der Waals surface area contributed by atoms with E-state index < -0.39 is 0 Å². The summed E-state index contributed by atoms with van der Waals surface area (Å²) < 4.78 is 6.10. The fourth-order valence-corrected chi connectivity index (χ4v) is 3.61. The van der Waals surface area contributed by atoms with Crippen LogP contribution in [-0.4, -0.2) is 30.4 Å². The van der Waals surface area contributed by atoms with Crippen molar-refractivity contribution in [3.63, 3.8) is 0 Å². The van der Waals surface area contributed by atoms with E-state index in [1.165, 1.54) is 24.3 Å². The molecular formula is C12H24ClNOS. The molecular weight excluding hydrogens is 242 g/mol. The van der Waals surface area contributed by atoms with Crippen LogP contribution in [0.25, 0.3) is 0 Å². The first kappa shape index (κ1) is 14.6. The molecule has 0 aromatic carbocycles. The molecule has 0 aromatic heterocycles. The van der Waals surface area contributed by atoms with Crippen molar-refractivity contribution in [3.05, 3.63) is 0 Å². The summed E-state index contributed by atoms with van der Waals surface area (Å²) in [5.74, 6) is 3.27. The van der Waals surface area contributed by atoms with Crippen molar-refractivity contribution in [2.24, 2.45) is 11.3 Å². The van der Waals surface area contributed by atoms with Crippen LogP contribution >= 0.6 is 24.2 Å². The molecule has 16 heavy (non-hydrogen) atoms. The number of hydrogen-bond donors (Lipinski definition) is 1. The standard InChI is InChI=1S/C12H23NOS.ClH/c1-11(2)8-13-12(3,14-9-11)10-5-4-6-15-7-10;/h10,13H,4-9H2,1-3H3;1H. The molecule has 2 unspecified atom stereocenters. The Bertz CT molecular complexity index is 219. The van der Waals surface area contributed by atoms with Gasteiger partial charge in [0.15, 0.2) is 0 Å². The van der Waals surface area contributed by atoms with E-state index in [2.05, 4.69) is 37.8 Å². The molecule has 1 N–H and O–H groups in total. The van der Waals surface area contributed by atoms with Gasteiger partial charge in [-0.15, -0.1) is 12.4 Å². The van der Waals surface area contributed by atoms with Crippen molar-refractivity contribution in [2.45, 2.75) is 39.3 Å². The lowest BCUT2D eigenvalue weighted by Gasteiger charge is -2.47. The van der Waals surface area contributed by atoms with Crippen LogP contribution in [0.2, 0.25) is 0 Å². The predicted molar refractivity (Wildman–Crippen MR) is 73.4 cm³/mol. The van der Waals surface area contributed by atoms with Crippen LogP contribution in [0.15, 0.2) is 0 Å². The summed E-state index contributed by atoms with van der Waals surface area (Å²) in [5, 5.41) is 3.62. The Hall–Kier alpha value is 0.560. The van der Waals surface area contributed by atoms with E-state index in [-0.39, 0.29) is 18.1 Å². The number of halogens is 1. The first-order valence-electron chi connectivity index (χ1n) is 5.99. The lowest BCUT2D eigenvalue weighted by Crippen LogP contribution is -2.60. The Labute approximate surface area is 110 Å². The van der Waals surface area contributed by atoms with Crippen molar-refractivity contribution in [1.82, 2.24) is 5.32 Å². The van der Waals surface area contributed by atoms with Crippen LogP contribution in [0.3, 0.4) is 0 Å². The van der Waals surface area contributed by atoms with Crippen molar-refractivity contribution < 1.29 is 4.74 Å². The molecule has 0 spiro atoms. The van der Waals surface area contributed by atoms with Gasteiger partial charge in [0.25, 0.3) is 0 Å². The smallest absolute Gasteiger partial charge is 0.120 e. The molecule has 2 heterocycles. The average Bonchev–Trinajstić information content (AvgIpc) is 2.24. The van der Waals surface area contributed by atoms with E-state index in [1.807, 2.05) is 0 Å². The number of ether oxygens (including phenoxy) is 1. The van der Waals surface area contributed by atoms with Gasteiger partial charge in [0.1, 0.15) is 5.72 Å². The quantitative estimate of drug-likeness (QED) is 0.788. The van der Waals surface area contributed by atoms with Gasteiger partial charge in [-0.2, -0.15) is 11.8 Å². The molecule has 2 fully saturated rings. The highest BCUT2D eigenvalue weighted by Crippen LogP contribution is 2.35. The molecule has 0 saturated carbocycles. The van der Waals surface area contributed by atoms with Crippen LogP contribution in [-0.2, 0) is 4.74 Å². The second kappa shape index (κ2) is 5.47. The van der Waals surface area contributed by atoms with E-state index in [4.69, 9.17) is 4.74 Å². The lowest BCUT2D eigenvalue weighted by molar-refractivity contribution is -0.154. The second-order valence-corrected chi connectivity index (χ2v) is 6.98. The maximum atomic E-state index is 6.10. The van der Waals surface area contributed by atoms with Gasteiger partial charge in [0, 0.05) is 23.6 Å². The molecule has 2 aliphatic rings. The number of nitrogens with one attached hydrogen (secondary N) is 1. The minimum atomic E-state index is -0.0665. The van der Waals surface area contributed by atoms with Crippen LogP contribution in [0.1, 0.15) is 33.6 Å². The number of thioether (sulfide) groups is 1. The Morgan fingerprint density at radius 3 is 2.56 bits per heavy atom. The molecule has 2 atom stereocenters. The summed E-state index contributed by atoms with van der Waals surface area (Å²) in [6, 6.07) is 0. The zero-order chi connectivity index (χ0) is 10.9. The highest BCUT2D eigenvalue weighted by Gasteiger charge is 2.41. The Balaban J connectivity index is 0.00000128. The maximum absolute atomic E-state index is 6.10. The maximum Gasteiger partial charge on any atom is 0.120 e. The minimum absolute atomic E-state index is 0. The number of hydrogen-bond acceptors (Lipinski definition) is 3. The van der Waals surface area contributed by atoms with Gasteiger partial charge in [-0.3, -0.25) is 5.32 Å². The van der Waals surface area contributed by atoms with Crippen LogP contribution < -0.4 is 5.32 Å². The Morgan fingerprint density at radius 2 is 2.06 bits per heavy atom. The van der Waals surface area contributed by atoms with Gasteiger partial charge in [-0.05, 0) is 25.5 Å². The molecule has 0 amide bonds. The predicted octanol–water partition coefficient (Wildman–Crippen LogP) is 2.91. The molecule has 0 radical (unpaired) electrons. The van der Waals surface area contributed by atoms with Crippen LogP contribution in [0.4, 0.5) is 0 Å². The third-order valence-corrected chi connectivity index (χ3v) is 4.84. The highest BCUT2D eigenvalue weighted by molar-refractivity contribution is 7.99. The first-order valence-corrected chi connectivity index (χ1v) is 7.14. The van der Waals surface area contributed by atoms with E-state index in [0.717, 1.165) is 13.2 Å². The number of rotatable bonds is 1. The molecule has 96 valence electrons. The lowest BCUT2D eigenvalue weighted by atomic mass is 9.87. The largest absolute Gasteiger partial charge is 0.360 e. The van der Waals surface area contributed by atoms with Gasteiger partial charge < -0.3 is 4.74 Å². The molecule has 2 rings (SSSR count). The van der Waals surface area contributed by atoms with Crippen LogP contribution in [0.5, 0.6) is 0 Å². The zero-order valence-corrected chi connectivity index (χ0v) is 12.2. The average molecular weight is 266 g/mol. The van der Waals surface area contributed by atoms with Crippen molar-refractivity contribution in [3.8, 4) is 0 Å². The molecule has 0 aliphatic carbocycles. The summed E-state index contributed by atoms with van der Waals surface area (Å²) in [7, 11) is 0. The third kappa shape index (κ3) is 3.28. The van der Waals surface area contributed by atoms with E-state index in [0.29, 0.717) is 11.3 Å². The van der Waals surface area contributed by atoms with Crippen molar-refractivity contribution in [2.75, 3.05) is 24.7 Å². The van der Waals surface area contributed by atoms with Crippen molar-refractivity contribution in [1.29, 1.82) is 0 Å². The summed E-state index contributed by atoms with van der Waals surface area (Å²) in [6.45, 7) is 8.71. The van der Waals surface area contributed by atoms with E-state index >= 15 is 0 Å². The van der Waals surface area contributed by atoms with E-state index in [1.54, 1.807) is 0 Å². The zero-order valence-electron chi connectivity index (χ0n) is 10.5. The van der Waals surface area contributed by atoms with Gasteiger partial charge in [-0.25, -0.2) is 0 Å². The van der Waals surface area contributed by atoms with Gasteiger partial charge >= 0.3 is 0 Å². The normalized spacial score (nSPS) is 38.8. The molecule has 0 bridgehead atoms. The summed E-state index contributed by atoms with van der Waals surface area (Å²) in [6.07, 6.45) is 2.66. The summed E-state index contributed by atoms with van der Waals surface area (Å²) >= 11 is 2.08. The third-order valence-electron chi connectivity index (χ3n) is 3.62. The topological polar surface area (TPSA) is 21.3 Å². The minimum Gasteiger partial charge on any atom is -0.360 e. The van der Waals surface area contributed by atoms with Gasteiger partial charge in [0.05, 0.1) is 6.61 Å². The molecule has 2 saturated heterocycles. The molecule has 0 aromatic rings. The van der Waals surface area contributed by atoms with Crippen molar-refractivity contribution >= 4 is 24.2 Å². The molecule has 4 heteroatoms. The fourth-order valence-electron chi connectivity index (χ4n) is 2.30. The Kier molecular flexibility index (Phi) is 5.00. The van der Waals surface area contributed by atoms with Gasteiger partial charge in [0.2, 0.25) is 0 Å². The van der Waals surface area contributed by atoms with Gasteiger partial charge in [-0.1, -0.05) is 13.8 Å². The second-order valence-electron chi connectivity index (χ2n) is 5.83. The molecule has 2 aliphatic heterocycles. The SMILES string of the molecule is CC1(C)CNC(C)(C2CCCSC2)OC1.Cl.